The molecule has 0 radical (unpaired) electrons. The van der Waals surface area contributed by atoms with Crippen molar-refractivity contribution in [1.29, 1.82) is 0 Å². The lowest BCUT2D eigenvalue weighted by molar-refractivity contribution is -0.131. The first-order chi connectivity index (χ1) is 12.0. The molecule has 130 valence electrons. The molecule has 0 amide bonds. The van der Waals surface area contributed by atoms with E-state index in [9.17, 15) is 4.79 Å². The standard InChI is InChI=1S/C20H20O5/c1-12-17(25-13(2)21)7-6-15-9-16(11-24-20(12)15)14-5-8-18(22-3)19(10-14)23-4/h5-10H,11H2,1-4H3. The van der Waals surface area contributed by atoms with Gasteiger partial charge >= 0.3 is 5.97 Å². The molecule has 0 aliphatic carbocycles. The van der Waals surface area contributed by atoms with Crippen LogP contribution < -0.4 is 18.9 Å². The van der Waals surface area contributed by atoms with Crippen LogP contribution >= 0.6 is 0 Å². The van der Waals surface area contributed by atoms with Gasteiger partial charge in [-0.15, -0.1) is 0 Å². The Balaban J connectivity index is 1.98. The highest BCUT2D eigenvalue weighted by Gasteiger charge is 2.19. The van der Waals surface area contributed by atoms with Crippen LogP contribution in [0.3, 0.4) is 0 Å². The minimum atomic E-state index is -0.347. The lowest BCUT2D eigenvalue weighted by atomic mass is 9.98. The van der Waals surface area contributed by atoms with Crippen LogP contribution in [0, 0.1) is 6.92 Å². The van der Waals surface area contributed by atoms with Gasteiger partial charge in [-0.25, -0.2) is 0 Å². The Labute approximate surface area is 146 Å². The molecule has 1 aliphatic rings. The van der Waals surface area contributed by atoms with Crippen molar-refractivity contribution in [2.45, 2.75) is 13.8 Å². The van der Waals surface area contributed by atoms with E-state index < -0.39 is 0 Å². The number of fused-ring (bicyclic) bond motifs is 1. The number of methoxy groups -OCH3 is 2. The Kier molecular flexibility index (Phi) is 4.65. The second-order valence-corrected chi connectivity index (χ2v) is 5.73. The molecule has 1 aliphatic heterocycles. The summed E-state index contributed by atoms with van der Waals surface area (Å²) >= 11 is 0. The molecule has 0 aromatic heterocycles. The lowest BCUT2D eigenvalue weighted by Gasteiger charge is -2.21. The highest BCUT2D eigenvalue weighted by Crippen LogP contribution is 2.39. The summed E-state index contributed by atoms with van der Waals surface area (Å²) in [5.41, 5.74) is 3.80. The summed E-state index contributed by atoms with van der Waals surface area (Å²) in [4.78, 5) is 11.2. The molecule has 0 unspecified atom stereocenters. The average Bonchev–Trinajstić information content (AvgIpc) is 2.63. The minimum Gasteiger partial charge on any atom is -0.493 e. The Morgan fingerprint density at radius 1 is 1.04 bits per heavy atom. The summed E-state index contributed by atoms with van der Waals surface area (Å²) in [5.74, 6) is 2.27. The van der Waals surface area contributed by atoms with Gasteiger partial charge in [0.05, 0.1) is 14.2 Å². The summed E-state index contributed by atoms with van der Waals surface area (Å²) in [6.07, 6.45) is 2.07. The number of esters is 1. The molecule has 0 saturated carbocycles. The van der Waals surface area contributed by atoms with E-state index in [1.54, 1.807) is 20.3 Å². The summed E-state index contributed by atoms with van der Waals surface area (Å²) in [5, 5.41) is 0. The van der Waals surface area contributed by atoms with E-state index in [4.69, 9.17) is 18.9 Å². The quantitative estimate of drug-likeness (QED) is 0.625. The van der Waals surface area contributed by atoms with E-state index in [0.717, 1.165) is 28.0 Å². The van der Waals surface area contributed by atoms with E-state index >= 15 is 0 Å². The van der Waals surface area contributed by atoms with Crippen molar-refractivity contribution < 1.29 is 23.7 Å². The number of hydrogen-bond donors (Lipinski definition) is 0. The van der Waals surface area contributed by atoms with Crippen LogP contribution in [-0.2, 0) is 4.79 Å². The van der Waals surface area contributed by atoms with Gasteiger partial charge in [0.2, 0.25) is 0 Å². The van der Waals surface area contributed by atoms with Gasteiger partial charge in [-0.2, -0.15) is 0 Å². The average molecular weight is 340 g/mol. The highest BCUT2D eigenvalue weighted by molar-refractivity contribution is 5.87. The number of benzene rings is 2. The molecule has 5 heteroatoms. The maximum Gasteiger partial charge on any atom is 0.308 e. The number of hydrogen-bond acceptors (Lipinski definition) is 5. The summed E-state index contributed by atoms with van der Waals surface area (Å²) < 4.78 is 21.8. The summed E-state index contributed by atoms with van der Waals surface area (Å²) in [6, 6.07) is 9.45. The SMILES string of the molecule is COc1ccc(C2=Cc3ccc(OC(C)=O)c(C)c3OC2)cc1OC. The van der Waals surface area contributed by atoms with Gasteiger partial charge in [0.15, 0.2) is 11.5 Å². The Morgan fingerprint density at radius 2 is 1.76 bits per heavy atom. The van der Waals surface area contributed by atoms with Crippen LogP contribution in [0.1, 0.15) is 23.6 Å². The first-order valence-corrected chi connectivity index (χ1v) is 7.91. The maximum absolute atomic E-state index is 11.2. The van der Waals surface area contributed by atoms with Gasteiger partial charge in [-0.05, 0) is 48.4 Å². The molecule has 2 aromatic rings. The van der Waals surface area contributed by atoms with Gasteiger partial charge in [0.1, 0.15) is 18.1 Å². The maximum atomic E-state index is 11.2. The van der Waals surface area contributed by atoms with Crippen LogP contribution in [-0.4, -0.2) is 26.8 Å². The summed E-state index contributed by atoms with van der Waals surface area (Å²) in [6.45, 7) is 3.69. The van der Waals surface area contributed by atoms with E-state index in [2.05, 4.69) is 6.08 Å². The van der Waals surface area contributed by atoms with Crippen molar-refractivity contribution >= 4 is 17.6 Å². The molecule has 0 bridgehead atoms. The van der Waals surface area contributed by atoms with Crippen LogP contribution in [0.2, 0.25) is 0 Å². The van der Waals surface area contributed by atoms with Gasteiger partial charge in [-0.1, -0.05) is 6.07 Å². The topological polar surface area (TPSA) is 54.0 Å². The Morgan fingerprint density at radius 3 is 2.44 bits per heavy atom. The lowest BCUT2D eigenvalue weighted by Crippen LogP contribution is -2.10. The number of carbonyl (C=O) groups excluding carboxylic acids is 1. The first-order valence-electron chi connectivity index (χ1n) is 7.91. The van der Waals surface area contributed by atoms with Crippen molar-refractivity contribution in [2.24, 2.45) is 0 Å². The number of carbonyl (C=O) groups is 1. The first kappa shape index (κ1) is 16.9. The predicted octanol–water partition coefficient (Wildman–Crippen LogP) is 3.87. The van der Waals surface area contributed by atoms with Crippen LogP contribution in [0.4, 0.5) is 0 Å². The second kappa shape index (κ2) is 6.89. The van der Waals surface area contributed by atoms with Crippen molar-refractivity contribution in [1.82, 2.24) is 0 Å². The van der Waals surface area contributed by atoms with Crippen molar-refractivity contribution in [3.05, 3.63) is 47.0 Å². The van der Waals surface area contributed by atoms with E-state index in [1.165, 1.54) is 6.92 Å². The third-order valence-corrected chi connectivity index (χ3v) is 4.10. The molecule has 0 fully saturated rings. The predicted molar refractivity (Wildman–Crippen MR) is 95.4 cm³/mol. The molecule has 0 saturated heterocycles. The largest absolute Gasteiger partial charge is 0.493 e. The molecular formula is C20H20O5. The third-order valence-electron chi connectivity index (χ3n) is 4.10. The van der Waals surface area contributed by atoms with E-state index in [1.807, 2.05) is 31.2 Å². The van der Waals surface area contributed by atoms with Crippen molar-refractivity contribution in [2.75, 3.05) is 20.8 Å². The number of ether oxygens (including phenoxy) is 4. The van der Waals surface area contributed by atoms with Gasteiger partial charge in [0.25, 0.3) is 0 Å². The molecule has 5 nitrogen and oxygen atoms in total. The molecule has 25 heavy (non-hydrogen) atoms. The molecule has 2 aromatic carbocycles. The highest BCUT2D eigenvalue weighted by atomic mass is 16.5. The fourth-order valence-electron chi connectivity index (χ4n) is 2.85. The fourth-order valence-corrected chi connectivity index (χ4v) is 2.85. The van der Waals surface area contributed by atoms with Crippen molar-refractivity contribution in [3.8, 4) is 23.0 Å². The Hall–Kier alpha value is -2.95. The van der Waals surface area contributed by atoms with Crippen LogP contribution in [0.5, 0.6) is 23.0 Å². The van der Waals surface area contributed by atoms with Crippen molar-refractivity contribution in [3.63, 3.8) is 0 Å². The van der Waals surface area contributed by atoms with Gasteiger partial charge in [-0.3, -0.25) is 4.79 Å². The van der Waals surface area contributed by atoms with Gasteiger partial charge in [0, 0.05) is 18.1 Å². The monoisotopic (exact) mass is 340 g/mol. The molecule has 0 N–H and O–H groups in total. The normalized spacial score (nSPS) is 12.6. The summed E-state index contributed by atoms with van der Waals surface area (Å²) in [7, 11) is 3.23. The second-order valence-electron chi connectivity index (χ2n) is 5.73. The molecule has 0 spiro atoms. The molecule has 0 atom stereocenters. The molecule has 3 rings (SSSR count). The zero-order valence-electron chi connectivity index (χ0n) is 14.7. The molecule has 1 heterocycles. The fraction of sp³-hybridized carbons (Fsp3) is 0.250. The van der Waals surface area contributed by atoms with Crippen LogP contribution in [0.15, 0.2) is 30.3 Å². The molecular weight excluding hydrogens is 320 g/mol. The number of rotatable bonds is 4. The third kappa shape index (κ3) is 3.31. The van der Waals surface area contributed by atoms with E-state index in [0.29, 0.717) is 23.9 Å². The Bertz CT molecular complexity index is 851. The smallest absolute Gasteiger partial charge is 0.308 e. The zero-order chi connectivity index (χ0) is 18.0. The van der Waals surface area contributed by atoms with Crippen LogP contribution in [0.25, 0.3) is 11.6 Å². The zero-order valence-corrected chi connectivity index (χ0v) is 14.7. The van der Waals surface area contributed by atoms with Gasteiger partial charge < -0.3 is 18.9 Å². The minimum absolute atomic E-state index is 0.347. The van der Waals surface area contributed by atoms with E-state index in [-0.39, 0.29) is 5.97 Å².